The molecule has 0 fully saturated rings. The molecule has 1 aliphatic heterocycles. The first-order chi connectivity index (χ1) is 15.3. The zero-order valence-electron chi connectivity index (χ0n) is 19.0. The lowest BCUT2D eigenvalue weighted by Crippen LogP contribution is -2.38. The highest BCUT2D eigenvalue weighted by Crippen LogP contribution is 2.37. The third-order valence-corrected chi connectivity index (χ3v) is 5.71. The molecule has 2 aromatic rings. The predicted molar refractivity (Wildman–Crippen MR) is 120 cm³/mol. The van der Waals surface area contributed by atoms with Crippen molar-refractivity contribution in [3.05, 3.63) is 70.8 Å². The maximum absolute atomic E-state index is 13.1. The Hall–Kier alpha value is -3.35. The summed E-state index contributed by atoms with van der Waals surface area (Å²) in [6, 6.07) is 12.8. The van der Waals surface area contributed by atoms with Crippen molar-refractivity contribution in [1.82, 2.24) is 10.2 Å². The summed E-state index contributed by atoms with van der Waals surface area (Å²) in [5.74, 6) is -0.546. The van der Waals surface area contributed by atoms with Gasteiger partial charge in [0.2, 0.25) is 5.91 Å². The molecule has 2 unspecified atom stereocenters. The van der Waals surface area contributed by atoms with E-state index < -0.39 is 5.97 Å². The number of amides is 2. The van der Waals surface area contributed by atoms with E-state index in [1.165, 1.54) is 4.90 Å². The normalized spacial score (nSPS) is 17.3. The Morgan fingerprint density at radius 3 is 2.56 bits per heavy atom. The van der Waals surface area contributed by atoms with E-state index in [1.54, 1.807) is 26.0 Å². The zero-order valence-corrected chi connectivity index (χ0v) is 19.0. The van der Waals surface area contributed by atoms with Gasteiger partial charge in [-0.1, -0.05) is 37.3 Å². The molecule has 0 radical (unpaired) electrons. The monoisotopic (exact) mass is 438 g/mol. The minimum Gasteiger partial charge on any atom is -0.463 e. The largest absolute Gasteiger partial charge is 0.463 e. The number of nitrogens with zero attached hydrogens (tertiary/aromatic N) is 1. The standard InChI is InChI=1S/C25H30N2O5/c1-5-16(3)26-24(29)21-13-12-19(32-21)15-27-17(4)23(25(30)31-6-2)20(14-22(27)28)18-10-8-7-9-11-18/h7-13,16,20H,5-6,14-15H2,1-4H3,(H,26,29). The third kappa shape index (κ3) is 5.10. The molecule has 1 aromatic heterocycles. The third-order valence-electron chi connectivity index (χ3n) is 5.71. The van der Waals surface area contributed by atoms with Crippen LogP contribution < -0.4 is 5.32 Å². The van der Waals surface area contributed by atoms with Crippen molar-refractivity contribution in [1.29, 1.82) is 0 Å². The fraction of sp³-hybridized carbons (Fsp3) is 0.400. The summed E-state index contributed by atoms with van der Waals surface area (Å²) in [6.45, 7) is 7.79. The minimum atomic E-state index is -0.426. The van der Waals surface area contributed by atoms with Crippen LogP contribution in [0.25, 0.3) is 0 Å². The van der Waals surface area contributed by atoms with E-state index in [1.807, 2.05) is 44.2 Å². The molecule has 0 saturated heterocycles. The zero-order chi connectivity index (χ0) is 23.3. The number of benzene rings is 1. The summed E-state index contributed by atoms with van der Waals surface area (Å²) in [5.41, 5.74) is 1.90. The smallest absolute Gasteiger partial charge is 0.336 e. The second-order valence-corrected chi connectivity index (χ2v) is 7.92. The molecule has 7 nitrogen and oxygen atoms in total. The number of nitrogens with one attached hydrogen (secondary N) is 1. The maximum Gasteiger partial charge on any atom is 0.336 e. The van der Waals surface area contributed by atoms with E-state index >= 15 is 0 Å². The number of rotatable bonds is 8. The van der Waals surface area contributed by atoms with E-state index in [9.17, 15) is 14.4 Å². The molecule has 0 saturated carbocycles. The highest BCUT2D eigenvalue weighted by atomic mass is 16.5. The van der Waals surface area contributed by atoms with E-state index in [4.69, 9.17) is 9.15 Å². The SMILES string of the molecule is CCOC(=O)C1=C(C)N(Cc2ccc(C(=O)NC(C)CC)o2)C(=O)CC1c1ccccc1. The van der Waals surface area contributed by atoms with Crippen LogP contribution in [-0.4, -0.2) is 35.3 Å². The van der Waals surface area contributed by atoms with Crippen molar-refractivity contribution >= 4 is 17.8 Å². The van der Waals surface area contributed by atoms with Crippen LogP contribution in [0.3, 0.4) is 0 Å². The number of furan rings is 1. The average Bonchev–Trinajstić information content (AvgIpc) is 3.25. The van der Waals surface area contributed by atoms with Crippen LogP contribution in [0, 0.1) is 0 Å². The number of hydrogen-bond acceptors (Lipinski definition) is 5. The second-order valence-electron chi connectivity index (χ2n) is 7.92. The van der Waals surface area contributed by atoms with E-state index in [0.717, 1.165) is 12.0 Å². The van der Waals surface area contributed by atoms with Crippen molar-refractivity contribution in [3.63, 3.8) is 0 Å². The molecule has 7 heteroatoms. The predicted octanol–water partition coefficient (Wildman–Crippen LogP) is 4.16. The number of esters is 1. The quantitative estimate of drug-likeness (QED) is 0.625. The Labute approximate surface area is 188 Å². The number of carbonyl (C=O) groups excluding carboxylic acids is 3. The van der Waals surface area contributed by atoms with Gasteiger partial charge < -0.3 is 19.4 Å². The molecule has 3 rings (SSSR count). The molecule has 0 bridgehead atoms. The highest BCUT2D eigenvalue weighted by Gasteiger charge is 2.37. The average molecular weight is 439 g/mol. The van der Waals surface area contributed by atoms with Gasteiger partial charge in [0.25, 0.3) is 5.91 Å². The van der Waals surface area contributed by atoms with Gasteiger partial charge in [0.1, 0.15) is 5.76 Å². The van der Waals surface area contributed by atoms with Gasteiger partial charge in [-0.05, 0) is 44.9 Å². The summed E-state index contributed by atoms with van der Waals surface area (Å²) in [7, 11) is 0. The van der Waals surface area contributed by atoms with Crippen LogP contribution in [-0.2, 0) is 20.9 Å². The van der Waals surface area contributed by atoms with Crippen molar-refractivity contribution in [2.24, 2.45) is 0 Å². The van der Waals surface area contributed by atoms with Crippen LogP contribution in [0.5, 0.6) is 0 Å². The van der Waals surface area contributed by atoms with E-state index in [0.29, 0.717) is 17.0 Å². The fourth-order valence-electron chi connectivity index (χ4n) is 3.78. The number of carbonyl (C=O) groups is 3. The first-order valence-corrected chi connectivity index (χ1v) is 11.0. The Morgan fingerprint density at radius 1 is 1.19 bits per heavy atom. The maximum atomic E-state index is 13.1. The number of allylic oxidation sites excluding steroid dienone is 1. The minimum absolute atomic E-state index is 0.0342. The highest BCUT2D eigenvalue weighted by molar-refractivity contribution is 5.96. The van der Waals surface area contributed by atoms with Crippen molar-refractivity contribution < 1.29 is 23.5 Å². The first kappa shape index (κ1) is 23.3. The second kappa shape index (κ2) is 10.3. The van der Waals surface area contributed by atoms with Crippen molar-refractivity contribution in [2.75, 3.05) is 6.61 Å². The van der Waals surface area contributed by atoms with E-state index in [-0.39, 0.29) is 49.1 Å². The molecule has 2 atom stereocenters. The Morgan fingerprint density at radius 2 is 1.91 bits per heavy atom. The van der Waals surface area contributed by atoms with Gasteiger partial charge in [-0.25, -0.2) is 4.79 Å². The Kier molecular flexibility index (Phi) is 7.51. The van der Waals surface area contributed by atoms with E-state index in [2.05, 4.69) is 5.32 Å². The van der Waals surface area contributed by atoms with Crippen LogP contribution >= 0.6 is 0 Å². The molecule has 2 heterocycles. The summed E-state index contributed by atoms with van der Waals surface area (Å²) in [6.07, 6.45) is 0.961. The summed E-state index contributed by atoms with van der Waals surface area (Å²) < 4.78 is 11.0. The Balaban J connectivity index is 1.88. The molecule has 1 N–H and O–H groups in total. The van der Waals surface area contributed by atoms with Crippen LogP contribution in [0.1, 0.15) is 68.3 Å². The molecular weight excluding hydrogens is 408 g/mol. The van der Waals surface area contributed by atoms with Crippen LogP contribution in [0.4, 0.5) is 0 Å². The molecular formula is C25H30N2O5. The molecule has 0 spiro atoms. The van der Waals surface area contributed by atoms with Crippen molar-refractivity contribution in [2.45, 2.75) is 59.0 Å². The van der Waals surface area contributed by atoms with Gasteiger partial charge in [0.15, 0.2) is 5.76 Å². The van der Waals surface area contributed by atoms with Gasteiger partial charge in [-0.15, -0.1) is 0 Å². The number of hydrogen-bond donors (Lipinski definition) is 1. The summed E-state index contributed by atoms with van der Waals surface area (Å²) in [5, 5.41) is 2.86. The number of ether oxygens (including phenoxy) is 1. The van der Waals surface area contributed by atoms with Gasteiger partial charge in [0.05, 0.1) is 18.7 Å². The summed E-state index contributed by atoms with van der Waals surface area (Å²) in [4.78, 5) is 39.7. The fourth-order valence-corrected chi connectivity index (χ4v) is 3.78. The van der Waals surface area contributed by atoms with Gasteiger partial charge >= 0.3 is 5.97 Å². The van der Waals surface area contributed by atoms with Gasteiger partial charge in [-0.3, -0.25) is 9.59 Å². The molecule has 1 aromatic carbocycles. The molecule has 1 aliphatic rings. The first-order valence-electron chi connectivity index (χ1n) is 11.0. The lowest BCUT2D eigenvalue weighted by Gasteiger charge is -2.34. The lowest BCUT2D eigenvalue weighted by atomic mass is 9.83. The van der Waals surface area contributed by atoms with Gasteiger partial charge in [0, 0.05) is 24.1 Å². The topological polar surface area (TPSA) is 88.8 Å². The lowest BCUT2D eigenvalue weighted by molar-refractivity contribution is -0.140. The molecule has 2 amide bonds. The van der Waals surface area contributed by atoms with Crippen LogP contribution in [0.2, 0.25) is 0 Å². The Bertz CT molecular complexity index is 1010. The summed E-state index contributed by atoms with van der Waals surface area (Å²) >= 11 is 0. The molecule has 170 valence electrons. The molecule has 32 heavy (non-hydrogen) atoms. The van der Waals surface area contributed by atoms with Gasteiger partial charge in [-0.2, -0.15) is 0 Å². The van der Waals surface area contributed by atoms with Crippen molar-refractivity contribution in [3.8, 4) is 0 Å². The molecule has 0 aliphatic carbocycles. The van der Waals surface area contributed by atoms with Crippen LogP contribution in [0.15, 0.2) is 58.2 Å².